The highest BCUT2D eigenvalue weighted by Gasteiger charge is 2.87. The van der Waals surface area contributed by atoms with E-state index < -0.39 is 27.4 Å². The number of carbonyl (C=O) groups excluding carboxylic acids is 3. The van der Waals surface area contributed by atoms with E-state index in [1.807, 2.05) is 63.4 Å². The number of halogens is 2. The molecule has 0 radical (unpaired) electrons. The zero-order chi connectivity index (χ0) is 40.8. The average Bonchev–Trinajstić information content (AvgIpc) is 3.53. The first-order chi connectivity index (χ1) is 26.9. The molecule has 7 atom stereocenters. The Bertz CT molecular complexity index is 2140. The lowest BCUT2D eigenvalue weighted by Crippen LogP contribution is -2.66. The molecule has 2 aromatic carbocycles. The lowest BCUT2D eigenvalue weighted by atomic mass is 9.39. The number of carbonyl (C=O) groups is 3. The molecule has 2 N–H and O–H groups in total. The number of allylic oxidation sites excluding steroid dienone is 4. The van der Waals surface area contributed by atoms with Crippen LogP contribution in [0.5, 0.6) is 0 Å². The zero-order valence-corrected chi connectivity index (χ0v) is 34.2. The molecule has 9 rings (SSSR count). The molecule has 4 aliphatic carbocycles. The van der Waals surface area contributed by atoms with E-state index in [1.165, 1.54) is 29.8 Å². The number of piperidine rings is 1. The first kappa shape index (κ1) is 39.9. The summed E-state index contributed by atoms with van der Waals surface area (Å²) in [6.07, 6.45) is 12.3. The third-order valence-corrected chi connectivity index (χ3v) is 15.5. The maximum atomic E-state index is 14.0. The number of hydrogen-bond acceptors (Lipinski definition) is 8. The number of aliphatic hydroxyl groups is 2. The fourth-order valence-corrected chi connectivity index (χ4v) is 12.3. The summed E-state index contributed by atoms with van der Waals surface area (Å²) in [7, 11) is 0. The predicted molar refractivity (Wildman–Crippen MR) is 214 cm³/mol. The van der Waals surface area contributed by atoms with Crippen LogP contribution in [0, 0.1) is 33.4 Å². The third-order valence-electron chi connectivity index (χ3n) is 15.3. The topological polar surface area (TPSA) is 121 Å². The van der Waals surface area contributed by atoms with Gasteiger partial charge in [0.2, 0.25) is 5.78 Å². The number of epoxide rings is 1. The van der Waals surface area contributed by atoms with Crippen molar-refractivity contribution in [2.45, 2.75) is 103 Å². The van der Waals surface area contributed by atoms with Crippen molar-refractivity contribution >= 4 is 29.0 Å². The molecule has 6 aliphatic rings. The summed E-state index contributed by atoms with van der Waals surface area (Å²) in [5.41, 5.74) is -0.732. The summed E-state index contributed by atoms with van der Waals surface area (Å²) < 4.78 is 24.8. The van der Waals surface area contributed by atoms with Gasteiger partial charge >= 0.3 is 0 Å². The van der Waals surface area contributed by atoms with Gasteiger partial charge in [-0.3, -0.25) is 14.4 Å². The number of furan rings is 1. The Morgan fingerprint density at radius 2 is 1.65 bits per heavy atom. The summed E-state index contributed by atoms with van der Waals surface area (Å²) >= 11 is 5.92. The lowest BCUT2D eigenvalue weighted by molar-refractivity contribution is -0.162. The maximum Gasteiger partial charge on any atom is 0.206 e. The number of ketones is 3. The molecule has 4 fully saturated rings. The molecule has 10 heteroatoms. The minimum atomic E-state index is -0.901. The second kappa shape index (κ2) is 13.9. The van der Waals surface area contributed by atoms with Crippen molar-refractivity contribution in [2.75, 3.05) is 19.6 Å². The number of fused-ring (bicyclic) bond motifs is 3. The van der Waals surface area contributed by atoms with Crippen LogP contribution in [0.15, 0.2) is 95.0 Å². The van der Waals surface area contributed by atoms with E-state index >= 15 is 0 Å². The number of benzene rings is 2. The van der Waals surface area contributed by atoms with Crippen molar-refractivity contribution in [3.8, 4) is 0 Å². The Labute approximate surface area is 339 Å². The quantitative estimate of drug-likeness (QED) is 0.179. The number of rotatable bonds is 7. The summed E-state index contributed by atoms with van der Waals surface area (Å²) in [5.74, 6) is -0.601. The molecule has 8 nitrogen and oxygen atoms in total. The summed E-state index contributed by atoms with van der Waals surface area (Å²) in [5, 5.41) is 22.9. The smallest absolute Gasteiger partial charge is 0.206 e. The molecule has 0 amide bonds. The van der Waals surface area contributed by atoms with Crippen LogP contribution in [0.3, 0.4) is 0 Å². The molecule has 0 bridgehead atoms. The number of hydrogen-bond donors (Lipinski definition) is 2. The molecule has 1 aromatic heterocycles. The normalized spacial score (nSPS) is 34.7. The van der Waals surface area contributed by atoms with Crippen LogP contribution in [0.4, 0.5) is 4.39 Å². The zero-order valence-electron chi connectivity index (χ0n) is 33.4. The number of Topliss-reactive ketones (excluding diaryl/α,β-unsaturated/α-hetero) is 2. The number of likely N-dealkylation sites (tertiary alicyclic amines) is 1. The van der Waals surface area contributed by atoms with Gasteiger partial charge in [0.05, 0.1) is 35.1 Å². The van der Waals surface area contributed by atoms with Gasteiger partial charge in [0.25, 0.3) is 0 Å². The van der Waals surface area contributed by atoms with Gasteiger partial charge in [0, 0.05) is 40.9 Å². The fraction of sp³-hybridized carbons (Fsp3) is 0.511. The van der Waals surface area contributed by atoms with E-state index in [9.17, 15) is 29.0 Å². The monoisotopic (exact) mass is 797 g/mol. The van der Waals surface area contributed by atoms with E-state index in [4.69, 9.17) is 20.8 Å². The van der Waals surface area contributed by atoms with Crippen molar-refractivity contribution in [1.29, 1.82) is 0 Å². The minimum absolute atomic E-state index is 0.00527. The second-order valence-corrected chi connectivity index (χ2v) is 18.9. The largest absolute Gasteiger partial charge is 0.504 e. The van der Waals surface area contributed by atoms with Crippen molar-refractivity contribution in [3.05, 3.63) is 118 Å². The van der Waals surface area contributed by atoms with Gasteiger partial charge in [-0.1, -0.05) is 43.7 Å². The van der Waals surface area contributed by atoms with E-state index in [0.29, 0.717) is 35.4 Å². The van der Waals surface area contributed by atoms with Crippen LogP contribution >= 0.6 is 11.6 Å². The number of aliphatic hydroxyl groups excluding tert-OH is 1. The van der Waals surface area contributed by atoms with Crippen molar-refractivity contribution in [2.24, 2.45) is 27.6 Å². The third kappa shape index (κ3) is 5.96. The van der Waals surface area contributed by atoms with Crippen LogP contribution in [-0.4, -0.2) is 63.8 Å². The molecule has 3 heterocycles. The van der Waals surface area contributed by atoms with Crippen LogP contribution in [0.1, 0.15) is 107 Å². The van der Waals surface area contributed by atoms with Gasteiger partial charge in [-0.25, -0.2) is 4.39 Å². The fourth-order valence-electron chi connectivity index (χ4n) is 12.2. The molecule has 302 valence electrons. The highest BCUT2D eigenvalue weighted by molar-refractivity contribution is 6.30. The van der Waals surface area contributed by atoms with Crippen LogP contribution in [-0.2, 0) is 19.9 Å². The van der Waals surface area contributed by atoms with Gasteiger partial charge in [-0.05, 0) is 143 Å². The minimum Gasteiger partial charge on any atom is -0.504 e. The number of nitrogens with zero attached hydrogens (tertiary/aromatic N) is 1. The van der Waals surface area contributed by atoms with Gasteiger partial charge < -0.3 is 24.3 Å². The van der Waals surface area contributed by atoms with Gasteiger partial charge in [-0.2, -0.15) is 0 Å². The van der Waals surface area contributed by atoms with Gasteiger partial charge in [0.15, 0.2) is 17.3 Å². The molecule has 57 heavy (non-hydrogen) atoms. The molecule has 2 aliphatic heterocycles. The Morgan fingerprint density at radius 1 is 0.965 bits per heavy atom. The highest BCUT2D eigenvalue weighted by atomic mass is 35.5. The molecule has 2 saturated carbocycles. The standard InChI is InChI=1S/C26H30O5.C21H23ClFNO2/c1-22(2)17(27)7-9-23(3)16-6-10-24(4)15(14-8-11-30-13-14)12-18-26(24,31-18)25(16,5)21(29)19(28)20(22)23;22-18-7-5-17(6-8-18)21(26)11-14-24(15-12-21)13-1-2-20(25)16-3-9-19(23)10-4-16/h7-9,11,13,15-16,18,28H,6,10,12H2,1-5H3;3-10,26H,1-2,11-15H2. The molecule has 2 saturated heterocycles. The van der Waals surface area contributed by atoms with Crippen LogP contribution in [0.2, 0.25) is 5.02 Å². The van der Waals surface area contributed by atoms with Crippen molar-refractivity contribution < 1.29 is 38.1 Å². The summed E-state index contributed by atoms with van der Waals surface area (Å²) in [6, 6.07) is 15.1. The van der Waals surface area contributed by atoms with Crippen LogP contribution in [0.25, 0.3) is 0 Å². The maximum absolute atomic E-state index is 14.0. The van der Waals surface area contributed by atoms with Crippen LogP contribution < -0.4 is 0 Å². The van der Waals surface area contributed by atoms with Gasteiger partial charge in [-0.15, -0.1) is 0 Å². The Morgan fingerprint density at radius 3 is 2.30 bits per heavy atom. The van der Waals surface area contributed by atoms with E-state index in [0.717, 1.165) is 50.9 Å². The Kier molecular flexibility index (Phi) is 9.70. The van der Waals surface area contributed by atoms with Crippen molar-refractivity contribution in [3.63, 3.8) is 0 Å². The molecule has 3 aromatic rings. The lowest BCUT2D eigenvalue weighted by Gasteiger charge is -2.62. The second-order valence-electron chi connectivity index (χ2n) is 18.5. The Balaban J connectivity index is 0.000000163. The Hall–Kier alpha value is -3.89. The molecule has 1 spiro atoms. The highest BCUT2D eigenvalue weighted by Crippen LogP contribution is 2.81. The van der Waals surface area contributed by atoms with E-state index in [1.54, 1.807) is 12.3 Å². The van der Waals surface area contributed by atoms with E-state index in [2.05, 4.69) is 18.7 Å². The molecule has 7 unspecified atom stereocenters. The molecular weight excluding hydrogens is 745 g/mol. The van der Waals surface area contributed by atoms with Gasteiger partial charge in [0.1, 0.15) is 11.4 Å². The first-order valence-corrected chi connectivity index (χ1v) is 20.7. The SMILES string of the molecule is CC1(C)C(=O)C=CC2(C)C1=C(O)C(=O)C1(C)C2CCC2(C)C(c3ccoc3)CC3OC321.O=C(CCCN1CCC(O)(c2ccc(Cl)cc2)CC1)c1ccc(F)cc1. The summed E-state index contributed by atoms with van der Waals surface area (Å²) in [4.78, 5) is 41.1. The van der Waals surface area contributed by atoms with E-state index in [-0.39, 0.29) is 52.3 Å². The number of ether oxygens (including phenoxy) is 1. The van der Waals surface area contributed by atoms with Crippen molar-refractivity contribution in [1.82, 2.24) is 4.90 Å². The predicted octanol–water partition coefficient (Wildman–Crippen LogP) is 9.32. The average molecular weight is 798 g/mol. The summed E-state index contributed by atoms with van der Waals surface area (Å²) in [6.45, 7) is 12.4. The molecular formula is C47H53ClFNO7. The first-order valence-electron chi connectivity index (χ1n) is 20.3.